The molecule has 0 amide bonds. The third kappa shape index (κ3) is 3.76. The highest BCUT2D eigenvalue weighted by Crippen LogP contribution is 2.30. The highest BCUT2D eigenvalue weighted by atomic mass is 32.2. The number of morpholine rings is 1. The van der Waals surface area contributed by atoms with Crippen LogP contribution >= 0.6 is 0 Å². The molecule has 122 valence electrons. The molecular weight excluding hydrogens is 290 g/mol. The zero-order valence-electron chi connectivity index (χ0n) is 13.1. The molecule has 21 heavy (non-hydrogen) atoms. The smallest absolute Gasteiger partial charge is 0.282 e. The molecule has 2 aliphatic heterocycles. The first-order chi connectivity index (χ1) is 9.95. The second-order valence-corrected chi connectivity index (χ2v) is 8.65. The largest absolute Gasteiger partial charge is 0.373 e. The van der Waals surface area contributed by atoms with Gasteiger partial charge in [0.05, 0.1) is 12.2 Å². The van der Waals surface area contributed by atoms with Crippen LogP contribution in [0.25, 0.3) is 0 Å². The molecule has 3 aliphatic rings. The maximum absolute atomic E-state index is 12.8. The Morgan fingerprint density at radius 3 is 2.05 bits per heavy atom. The molecule has 0 aromatic heterocycles. The summed E-state index contributed by atoms with van der Waals surface area (Å²) in [5, 5.41) is 0. The molecule has 0 bridgehead atoms. The molecule has 1 saturated carbocycles. The van der Waals surface area contributed by atoms with Gasteiger partial charge in [0.25, 0.3) is 10.2 Å². The van der Waals surface area contributed by atoms with Crippen LogP contribution in [0.4, 0.5) is 0 Å². The van der Waals surface area contributed by atoms with Gasteiger partial charge in [0.2, 0.25) is 0 Å². The van der Waals surface area contributed by atoms with Crippen LogP contribution in [0.1, 0.15) is 26.7 Å². The fourth-order valence-corrected chi connectivity index (χ4v) is 5.04. The summed E-state index contributed by atoms with van der Waals surface area (Å²) in [6.45, 7) is 8.93. The summed E-state index contributed by atoms with van der Waals surface area (Å²) in [6, 6.07) is 0. The van der Waals surface area contributed by atoms with Gasteiger partial charge in [-0.2, -0.15) is 17.0 Å². The maximum Gasteiger partial charge on any atom is 0.282 e. The van der Waals surface area contributed by atoms with E-state index in [1.54, 1.807) is 8.61 Å². The van der Waals surface area contributed by atoms with Gasteiger partial charge >= 0.3 is 0 Å². The van der Waals surface area contributed by atoms with E-state index in [4.69, 9.17) is 4.74 Å². The number of hydrogen-bond donors (Lipinski definition) is 0. The predicted molar refractivity (Wildman–Crippen MR) is 81.2 cm³/mol. The minimum absolute atomic E-state index is 0.0281. The van der Waals surface area contributed by atoms with Crippen molar-refractivity contribution in [3.63, 3.8) is 0 Å². The summed E-state index contributed by atoms with van der Waals surface area (Å²) in [5.74, 6) is 0.870. The van der Waals surface area contributed by atoms with E-state index < -0.39 is 10.2 Å². The molecule has 7 heteroatoms. The summed E-state index contributed by atoms with van der Waals surface area (Å²) in [4.78, 5) is 2.41. The van der Waals surface area contributed by atoms with E-state index in [9.17, 15) is 8.42 Å². The number of rotatable bonds is 4. The lowest BCUT2D eigenvalue weighted by atomic mass is 10.3. The molecule has 0 radical (unpaired) electrons. The standard InChI is InChI=1S/C14H27N3O3S/c1-12-9-17(10-13(2)20-12)21(18,19)16-7-5-15(6-8-16)11-14-3-4-14/h12-14H,3-11H2,1-2H3. The van der Waals surface area contributed by atoms with E-state index in [2.05, 4.69) is 4.90 Å². The summed E-state index contributed by atoms with van der Waals surface area (Å²) in [5.41, 5.74) is 0. The molecule has 2 unspecified atom stereocenters. The van der Waals surface area contributed by atoms with Crippen LogP contribution in [0.5, 0.6) is 0 Å². The van der Waals surface area contributed by atoms with Gasteiger partial charge in [-0.1, -0.05) is 0 Å². The highest BCUT2D eigenvalue weighted by molar-refractivity contribution is 7.86. The van der Waals surface area contributed by atoms with E-state index in [-0.39, 0.29) is 12.2 Å². The fourth-order valence-electron chi connectivity index (χ4n) is 3.29. The van der Waals surface area contributed by atoms with Crippen molar-refractivity contribution in [2.24, 2.45) is 5.92 Å². The summed E-state index contributed by atoms with van der Waals surface area (Å²) in [6.07, 6.45) is 2.64. The Bertz CT molecular complexity index is 448. The van der Waals surface area contributed by atoms with Gasteiger partial charge in [0.1, 0.15) is 0 Å². The Morgan fingerprint density at radius 1 is 0.952 bits per heavy atom. The first-order valence-corrected chi connectivity index (χ1v) is 9.48. The molecule has 0 aromatic carbocycles. The average molecular weight is 317 g/mol. The van der Waals surface area contributed by atoms with Crippen LogP contribution in [0.15, 0.2) is 0 Å². The lowest BCUT2D eigenvalue weighted by Gasteiger charge is -2.40. The average Bonchev–Trinajstić information content (AvgIpc) is 3.22. The number of nitrogens with zero attached hydrogens (tertiary/aromatic N) is 3. The van der Waals surface area contributed by atoms with Crippen molar-refractivity contribution in [3.8, 4) is 0 Å². The molecule has 3 fully saturated rings. The van der Waals surface area contributed by atoms with E-state index in [0.29, 0.717) is 26.2 Å². The van der Waals surface area contributed by atoms with Crippen molar-refractivity contribution in [1.82, 2.24) is 13.5 Å². The molecule has 0 spiro atoms. The molecule has 6 nitrogen and oxygen atoms in total. The zero-order valence-corrected chi connectivity index (χ0v) is 13.9. The quantitative estimate of drug-likeness (QED) is 0.752. The topological polar surface area (TPSA) is 53.1 Å². The van der Waals surface area contributed by atoms with Crippen LogP contribution in [0.2, 0.25) is 0 Å². The Labute approximate surface area is 128 Å². The third-order valence-corrected chi connectivity index (χ3v) is 6.55. The summed E-state index contributed by atoms with van der Waals surface area (Å²) in [7, 11) is -3.33. The number of piperazine rings is 1. The number of hydrogen-bond acceptors (Lipinski definition) is 4. The maximum atomic E-state index is 12.8. The van der Waals surface area contributed by atoms with Crippen molar-refractivity contribution >= 4 is 10.2 Å². The van der Waals surface area contributed by atoms with E-state index in [0.717, 1.165) is 25.6 Å². The molecule has 2 saturated heterocycles. The first kappa shape index (κ1) is 15.7. The summed E-state index contributed by atoms with van der Waals surface area (Å²) >= 11 is 0. The molecule has 2 atom stereocenters. The lowest BCUT2D eigenvalue weighted by molar-refractivity contribution is -0.0457. The zero-order chi connectivity index (χ0) is 15.0. The Hall–Kier alpha value is -0.210. The van der Waals surface area contributed by atoms with Crippen LogP contribution < -0.4 is 0 Å². The SMILES string of the molecule is CC1CN(S(=O)(=O)N2CCN(CC3CC3)CC2)CC(C)O1. The van der Waals surface area contributed by atoms with Crippen molar-refractivity contribution in [3.05, 3.63) is 0 Å². The van der Waals surface area contributed by atoms with E-state index in [1.165, 1.54) is 12.8 Å². The van der Waals surface area contributed by atoms with Crippen molar-refractivity contribution < 1.29 is 13.2 Å². The van der Waals surface area contributed by atoms with Gasteiger partial charge in [-0.05, 0) is 32.6 Å². The molecule has 0 N–H and O–H groups in total. The molecule has 3 rings (SSSR count). The summed E-state index contributed by atoms with van der Waals surface area (Å²) < 4.78 is 34.4. The van der Waals surface area contributed by atoms with Crippen molar-refractivity contribution in [2.75, 3.05) is 45.8 Å². The monoisotopic (exact) mass is 317 g/mol. The van der Waals surface area contributed by atoms with Crippen LogP contribution in [-0.2, 0) is 14.9 Å². The first-order valence-electron chi connectivity index (χ1n) is 8.08. The Kier molecular flexibility index (Phi) is 4.57. The van der Waals surface area contributed by atoms with Gasteiger partial charge in [-0.15, -0.1) is 0 Å². The van der Waals surface area contributed by atoms with Crippen molar-refractivity contribution in [2.45, 2.75) is 38.9 Å². The molecular formula is C14H27N3O3S. The second kappa shape index (κ2) is 6.12. The molecule has 1 aliphatic carbocycles. The molecule has 2 heterocycles. The predicted octanol–water partition coefficient (Wildman–Crippen LogP) is 0.368. The normalized spacial score (nSPS) is 34.2. The van der Waals surface area contributed by atoms with Gasteiger partial charge in [-0.25, -0.2) is 0 Å². The minimum Gasteiger partial charge on any atom is -0.373 e. The van der Waals surface area contributed by atoms with E-state index >= 15 is 0 Å². The van der Waals surface area contributed by atoms with E-state index in [1.807, 2.05) is 13.8 Å². The van der Waals surface area contributed by atoms with Crippen LogP contribution in [0.3, 0.4) is 0 Å². The Balaban J connectivity index is 1.57. The third-order valence-electron chi connectivity index (χ3n) is 4.58. The second-order valence-electron chi connectivity index (χ2n) is 6.73. The Morgan fingerprint density at radius 2 is 1.52 bits per heavy atom. The van der Waals surface area contributed by atoms with Crippen molar-refractivity contribution in [1.29, 1.82) is 0 Å². The minimum atomic E-state index is -3.33. The number of ether oxygens (including phenoxy) is 1. The van der Waals surface area contributed by atoms with Gasteiger partial charge in [0.15, 0.2) is 0 Å². The lowest BCUT2D eigenvalue weighted by Crippen LogP contribution is -2.57. The molecule has 0 aromatic rings. The highest BCUT2D eigenvalue weighted by Gasteiger charge is 2.37. The van der Waals surface area contributed by atoms with Gasteiger partial charge in [-0.3, -0.25) is 0 Å². The fraction of sp³-hybridized carbons (Fsp3) is 1.00. The van der Waals surface area contributed by atoms with Gasteiger partial charge in [0, 0.05) is 45.8 Å². The van der Waals surface area contributed by atoms with Crippen LogP contribution in [0, 0.1) is 5.92 Å². The van der Waals surface area contributed by atoms with Gasteiger partial charge < -0.3 is 9.64 Å². The van der Waals surface area contributed by atoms with Crippen LogP contribution in [-0.4, -0.2) is 79.9 Å².